The van der Waals surface area contributed by atoms with Crippen molar-refractivity contribution in [3.05, 3.63) is 194 Å². The Bertz CT molecular complexity index is 3800. The number of fused-ring (bicyclic) bond motifs is 12. The van der Waals surface area contributed by atoms with Crippen LogP contribution in [0.15, 0.2) is 194 Å². The van der Waals surface area contributed by atoms with E-state index in [1.165, 1.54) is 108 Å². The van der Waals surface area contributed by atoms with Crippen LogP contribution in [0.3, 0.4) is 0 Å². The highest BCUT2D eigenvalue weighted by Gasteiger charge is 2.19. The van der Waals surface area contributed by atoms with Gasteiger partial charge in [0, 0.05) is 77.2 Å². The number of rotatable bonds is 4. The van der Waals surface area contributed by atoms with Crippen LogP contribution in [0, 0.1) is 0 Å². The quantitative estimate of drug-likeness (QED) is 0.176. The Labute approximate surface area is 336 Å². The van der Waals surface area contributed by atoms with Crippen LogP contribution in [-0.2, 0) is 0 Å². The summed E-state index contributed by atoms with van der Waals surface area (Å²) in [6, 6.07) is 66.9. The molecule has 0 bridgehead atoms. The SMILES string of the molecule is c1ccc(-n2c3ccccc3c3cc(-n4c5ccccc5c5cc(-c6ccc7c(c6)c6ccccc6n7-c6ccc7sc8cnccc8c7c6)ccc54)ccc32)cc1. The lowest BCUT2D eigenvalue weighted by molar-refractivity contribution is 1.17. The Balaban J connectivity index is 0.973. The van der Waals surface area contributed by atoms with Gasteiger partial charge in [0.15, 0.2) is 0 Å². The van der Waals surface area contributed by atoms with E-state index >= 15 is 0 Å². The highest BCUT2D eigenvalue weighted by molar-refractivity contribution is 7.25. The summed E-state index contributed by atoms with van der Waals surface area (Å²) in [6.07, 6.45) is 3.87. The molecule has 13 rings (SSSR count). The molecule has 270 valence electrons. The zero-order chi connectivity index (χ0) is 37.9. The molecule has 0 saturated carbocycles. The number of pyridine rings is 1. The summed E-state index contributed by atoms with van der Waals surface area (Å²) in [5, 5.41) is 10.0. The Kier molecular flexibility index (Phi) is 6.57. The van der Waals surface area contributed by atoms with Gasteiger partial charge in [-0.1, -0.05) is 84.9 Å². The maximum Gasteiger partial charge on any atom is 0.0542 e. The molecule has 0 atom stereocenters. The largest absolute Gasteiger partial charge is 0.309 e. The Hall–Kier alpha value is -7.47. The zero-order valence-electron chi connectivity index (χ0n) is 31.2. The van der Waals surface area contributed by atoms with Crippen molar-refractivity contribution in [2.45, 2.75) is 0 Å². The molecule has 0 fully saturated rings. The van der Waals surface area contributed by atoms with Gasteiger partial charge in [-0.25, -0.2) is 0 Å². The first-order valence-electron chi connectivity index (χ1n) is 19.7. The van der Waals surface area contributed by atoms with E-state index in [9.17, 15) is 0 Å². The van der Waals surface area contributed by atoms with Crippen LogP contribution in [-0.4, -0.2) is 18.7 Å². The molecule has 0 amide bonds. The molecule has 0 aliphatic heterocycles. The van der Waals surface area contributed by atoms with Crippen molar-refractivity contribution < 1.29 is 0 Å². The molecule has 8 aromatic carbocycles. The van der Waals surface area contributed by atoms with Crippen molar-refractivity contribution >= 4 is 96.9 Å². The van der Waals surface area contributed by atoms with Gasteiger partial charge in [0.1, 0.15) is 0 Å². The topological polar surface area (TPSA) is 27.7 Å². The molecule has 0 aliphatic rings. The summed E-state index contributed by atoms with van der Waals surface area (Å²) in [5.74, 6) is 0. The molecule has 0 saturated heterocycles. The zero-order valence-corrected chi connectivity index (χ0v) is 32.0. The molecule has 0 N–H and O–H groups in total. The van der Waals surface area contributed by atoms with Crippen molar-refractivity contribution in [1.29, 1.82) is 0 Å². The highest BCUT2D eigenvalue weighted by atomic mass is 32.1. The van der Waals surface area contributed by atoms with Crippen molar-refractivity contribution in [3.8, 4) is 28.2 Å². The minimum absolute atomic E-state index is 1.15. The van der Waals surface area contributed by atoms with Crippen molar-refractivity contribution in [2.24, 2.45) is 0 Å². The Morgan fingerprint density at radius 1 is 0.310 bits per heavy atom. The lowest BCUT2D eigenvalue weighted by Crippen LogP contribution is -1.95. The highest BCUT2D eigenvalue weighted by Crippen LogP contribution is 2.41. The number of aromatic nitrogens is 4. The molecule has 0 aliphatic carbocycles. The van der Waals surface area contributed by atoms with Gasteiger partial charge in [-0.3, -0.25) is 4.98 Å². The maximum absolute atomic E-state index is 4.37. The smallest absolute Gasteiger partial charge is 0.0542 e. The van der Waals surface area contributed by atoms with E-state index < -0.39 is 0 Å². The molecule has 0 radical (unpaired) electrons. The monoisotopic (exact) mass is 756 g/mol. The van der Waals surface area contributed by atoms with Crippen LogP contribution >= 0.6 is 11.3 Å². The molecule has 4 nitrogen and oxygen atoms in total. The van der Waals surface area contributed by atoms with Gasteiger partial charge in [0.05, 0.1) is 37.8 Å². The fraction of sp³-hybridized carbons (Fsp3) is 0. The lowest BCUT2D eigenvalue weighted by Gasteiger charge is -2.11. The number of hydrogen-bond acceptors (Lipinski definition) is 2. The molecule has 5 heterocycles. The maximum atomic E-state index is 4.37. The molecule has 5 aromatic heterocycles. The summed E-state index contributed by atoms with van der Waals surface area (Å²) < 4.78 is 9.73. The van der Waals surface area contributed by atoms with E-state index in [1.54, 1.807) is 11.3 Å². The minimum Gasteiger partial charge on any atom is -0.309 e. The Morgan fingerprint density at radius 3 is 1.38 bits per heavy atom. The van der Waals surface area contributed by atoms with E-state index in [0.29, 0.717) is 0 Å². The summed E-state index contributed by atoms with van der Waals surface area (Å²) in [7, 11) is 0. The third-order valence-corrected chi connectivity index (χ3v) is 13.2. The van der Waals surface area contributed by atoms with Crippen LogP contribution in [0.25, 0.3) is 114 Å². The van der Waals surface area contributed by atoms with E-state index in [-0.39, 0.29) is 0 Å². The van der Waals surface area contributed by atoms with E-state index in [1.807, 2.05) is 12.4 Å². The number of hydrogen-bond donors (Lipinski definition) is 0. The minimum atomic E-state index is 1.15. The first-order valence-corrected chi connectivity index (χ1v) is 20.5. The average Bonchev–Trinajstić information content (AvgIpc) is 4.02. The Morgan fingerprint density at radius 2 is 0.776 bits per heavy atom. The summed E-state index contributed by atoms with van der Waals surface area (Å²) >= 11 is 1.80. The number of thiophene rings is 1. The van der Waals surface area contributed by atoms with Crippen molar-refractivity contribution in [3.63, 3.8) is 0 Å². The summed E-state index contributed by atoms with van der Waals surface area (Å²) in [6.45, 7) is 0. The second kappa shape index (κ2) is 12.0. The first-order chi connectivity index (χ1) is 28.8. The summed E-state index contributed by atoms with van der Waals surface area (Å²) in [4.78, 5) is 4.37. The number of para-hydroxylation sites is 4. The molecule has 58 heavy (non-hydrogen) atoms. The fourth-order valence-electron chi connectivity index (χ4n) is 9.58. The standard InChI is InChI=1S/C53H32N4S/c1-2-10-35(11-3-1)55-46-15-7-6-14-40(46)44-30-36(20-24-51(44)55)56-47-16-8-4-12-38(47)42-28-33(18-22-49(42)56)34-19-23-50-43(29-34)39-13-5-9-17-48(39)57(50)37-21-25-52-45(31-37)41-26-27-54-32-53(41)58-52/h1-32H. The molecule has 5 heteroatoms. The predicted molar refractivity (Wildman–Crippen MR) is 246 cm³/mol. The lowest BCUT2D eigenvalue weighted by atomic mass is 10.0. The summed E-state index contributed by atoms with van der Waals surface area (Å²) in [5.41, 5.74) is 13.1. The van der Waals surface area contributed by atoms with Gasteiger partial charge in [-0.2, -0.15) is 0 Å². The van der Waals surface area contributed by atoms with Gasteiger partial charge in [-0.15, -0.1) is 11.3 Å². The van der Waals surface area contributed by atoms with Crippen LogP contribution in [0.1, 0.15) is 0 Å². The number of nitrogens with zero attached hydrogens (tertiary/aromatic N) is 4. The van der Waals surface area contributed by atoms with E-state index in [4.69, 9.17) is 0 Å². The van der Waals surface area contributed by atoms with Crippen LogP contribution < -0.4 is 0 Å². The first kappa shape index (κ1) is 31.7. The van der Waals surface area contributed by atoms with Gasteiger partial charge in [-0.05, 0) is 108 Å². The van der Waals surface area contributed by atoms with Gasteiger partial charge >= 0.3 is 0 Å². The van der Waals surface area contributed by atoms with Crippen LogP contribution in [0.2, 0.25) is 0 Å². The third kappa shape index (κ3) is 4.47. The molecule has 0 unspecified atom stereocenters. The van der Waals surface area contributed by atoms with Gasteiger partial charge < -0.3 is 13.7 Å². The van der Waals surface area contributed by atoms with E-state index in [0.717, 1.165) is 5.69 Å². The molecule has 0 spiro atoms. The fourth-order valence-corrected chi connectivity index (χ4v) is 10.6. The van der Waals surface area contributed by atoms with Crippen molar-refractivity contribution in [2.75, 3.05) is 0 Å². The van der Waals surface area contributed by atoms with Crippen molar-refractivity contribution in [1.82, 2.24) is 18.7 Å². The average molecular weight is 757 g/mol. The molecular weight excluding hydrogens is 725 g/mol. The molecular formula is C53H32N4S. The van der Waals surface area contributed by atoms with Gasteiger partial charge in [0.25, 0.3) is 0 Å². The van der Waals surface area contributed by atoms with Crippen LogP contribution in [0.4, 0.5) is 0 Å². The third-order valence-electron chi connectivity index (χ3n) is 12.1. The second-order valence-electron chi connectivity index (χ2n) is 15.2. The van der Waals surface area contributed by atoms with Crippen LogP contribution in [0.5, 0.6) is 0 Å². The molecule has 13 aromatic rings. The van der Waals surface area contributed by atoms with E-state index in [2.05, 4.69) is 201 Å². The predicted octanol–water partition coefficient (Wildman–Crippen LogP) is 14.4. The second-order valence-corrected chi connectivity index (χ2v) is 16.3. The number of benzene rings is 8. The normalized spacial score (nSPS) is 12.1. The van der Waals surface area contributed by atoms with Gasteiger partial charge in [0.2, 0.25) is 0 Å².